The highest BCUT2D eigenvalue weighted by Gasteiger charge is 2.19. The summed E-state index contributed by atoms with van der Waals surface area (Å²) >= 11 is 6.05. The Morgan fingerprint density at radius 3 is 2.43 bits per heavy atom. The van der Waals surface area contributed by atoms with E-state index < -0.39 is 24.5 Å². The SMILES string of the molecule is CCOC(=O)c1cc(C)n(CC(=O)OCC(=O)Nc2cc(C)c(Cl)cc2OC)c1C. The third-order valence-corrected chi connectivity index (χ3v) is 4.88. The van der Waals surface area contributed by atoms with Crippen molar-refractivity contribution >= 4 is 35.1 Å². The maximum absolute atomic E-state index is 12.2. The Balaban J connectivity index is 1.98. The molecule has 1 heterocycles. The summed E-state index contributed by atoms with van der Waals surface area (Å²) in [7, 11) is 1.46. The monoisotopic (exact) mass is 436 g/mol. The normalized spacial score (nSPS) is 10.5. The number of carbonyl (C=O) groups excluding carboxylic acids is 3. The average Bonchev–Trinajstić information content (AvgIpc) is 2.97. The molecule has 1 aromatic carbocycles. The molecule has 0 radical (unpaired) electrons. The lowest BCUT2D eigenvalue weighted by Crippen LogP contribution is -2.24. The summed E-state index contributed by atoms with van der Waals surface area (Å²) in [5, 5.41) is 3.15. The molecular formula is C21H25ClN2O6. The van der Waals surface area contributed by atoms with Gasteiger partial charge in [-0.25, -0.2) is 4.79 Å². The van der Waals surface area contributed by atoms with Crippen LogP contribution in [0.1, 0.15) is 34.2 Å². The Kier molecular flexibility index (Phi) is 7.88. The number of halogens is 1. The summed E-state index contributed by atoms with van der Waals surface area (Å²) in [4.78, 5) is 36.4. The number of anilines is 1. The smallest absolute Gasteiger partial charge is 0.339 e. The number of aryl methyl sites for hydroxylation is 2. The molecule has 30 heavy (non-hydrogen) atoms. The molecule has 0 fully saturated rings. The minimum absolute atomic E-state index is 0.131. The third kappa shape index (κ3) is 5.54. The van der Waals surface area contributed by atoms with Crippen LogP contribution in [0.15, 0.2) is 18.2 Å². The van der Waals surface area contributed by atoms with Gasteiger partial charge in [-0.3, -0.25) is 9.59 Å². The molecule has 1 amide bonds. The minimum atomic E-state index is -0.610. The molecular weight excluding hydrogens is 412 g/mol. The fourth-order valence-electron chi connectivity index (χ4n) is 2.90. The standard InChI is InChI=1S/C21H25ClN2O6/c1-6-29-21(27)15-8-13(3)24(14(15)4)10-20(26)30-11-19(25)23-17-7-12(2)16(22)9-18(17)28-5/h7-9H,6,10-11H2,1-5H3,(H,23,25). The molecule has 1 aromatic heterocycles. The molecule has 0 aliphatic carbocycles. The van der Waals surface area contributed by atoms with Crippen molar-refractivity contribution in [2.24, 2.45) is 0 Å². The second-order valence-electron chi connectivity index (χ2n) is 6.60. The van der Waals surface area contributed by atoms with Crippen molar-refractivity contribution in [3.63, 3.8) is 0 Å². The predicted molar refractivity (Wildman–Crippen MR) is 112 cm³/mol. The Morgan fingerprint density at radius 2 is 1.80 bits per heavy atom. The maximum atomic E-state index is 12.2. The highest BCUT2D eigenvalue weighted by Crippen LogP contribution is 2.30. The number of aromatic nitrogens is 1. The zero-order valence-corrected chi connectivity index (χ0v) is 18.4. The van der Waals surface area contributed by atoms with E-state index in [4.69, 9.17) is 25.8 Å². The molecule has 0 bridgehead atoms. The topological polar surface area (TPSA) is 95.9 Å². The van der Waals surface area contributed by atoms with Crippen LogP contribution >= 0.6 is 11.6 Å². The van der Waals surface area contributed by atoms with Crippen molar-refractivity contribution in [1.29, 1.82) is 0 Å². The van der Waals surface area contributed by atoms with E-state index in [-0.39, 0.29) is 13.2 Å². The van der Waals surface area contributed by atoms with Gasteiger partial charge >= 0.3 is 11.9 Å². The van der Waals surface area contributed by atoms with Crippen LogP contribution in [-0.4, -0.2) is 42.7 Å². The number of amides is 1. The number of ether oxygens (including phenoxy) is 3. The summed E-state index contributed by atoms with van der Waals surface area (Å²) in [5.74, 6) is -1.18. The van der Waals surface area contributed by atoms with Crippen molar-refractivity contribution in [3.8, 4) is 5.75 Å². The van der Waals surface area contributed by atoms with Gasteiger partial charge in [-0.2, -0.15) is 0 Å². The van der Waals surface area contributed by atoms with E-state index >= 15 is 0 Å². The van der Waals surface area contributed by atoms with Crippen molar-refractivity contribution in [2.75, 3.05) is 25.6 Å². The molecule has 9 heteroatoms. The number of rotatable bonds is 8. The lowest BCUT2D eigenvalue weighted by atomic mass is 10.2. The fraction of sp³-hybridized carbons (Fsp3) is 0.381. The van der Waals surface area contributed by atoms with Gasteiger partial charge in [0.25, 0.3) is 5.91 Å². The first kappa shape index (κ1) is 23.3. The number of hydrogen-bond acceptors (Lipinski definition) is 6. The molecule has 162 valence electrons. The summed E-state index contributed by atoms with van der Waals surface area (Å²) in [6.45, 7) is 6.67. The largest absolute Gasteiger partial charge is 0.495 e. The second kappa shape index (κ2) is 10.2. The fourth-order valence-corrected chi connectivity index (χ4v) is 3.05. The first-order valence-electron chi connectivity index (χ1n) is 9.31. The van der Waals surface area contributed by atoms with E-state index in [9.17, 15) is 14.4 Å². The first-order valence-corrected chi connectivity index (χ1v) is 9.69. The number of carbonyl (C=O) groups is 3. The van der Waals surface area contributed by atoms with E-state index in [0.717, 1.165) is 5.56 Å². The van der Waals surface area contributed by atoms with Crippen molar-refractivity contribution in [1.82, 2.24) is 4.57 Å². The van der Waals surface area contributed by atoms with Gasteiger partial charge in [-0.1, -0.05) is 11.6 Å². The summed E-state index contributed by atoms with van der Waals surface area (Å²) < 4.78 is 16.9. The van der Waals surface area contributed by atoms with Crippen molar-refractivity contribution in [2.45, 2.75) is 34.2 Å². The third-order valence-electron chi connectivity index (χ3n) is 4.48. The Morgan fingerprint density at radius 1 is 1.10 bits per heavy atom. The average molecular weight is 437 g/mol. The number of hydrogen-bond donors (Lipinski definition) is 1. The Hall–Kier alpha value is -3.00. The number of esters is 2. The highest BCUT2D eigenvalue weighted by atomic mass is 35.5. The molecule has 0 atom stereocenters. The molecule has 0 aliphatic heterocycles. The molecule has 0 unspecified atom stereocenters. The van der Waals surface area contributed by atoms with E-state index in [2.05, 4.69) is 5.32 Å². The second-order valence-corrected chi connectivity index (χ2v) is 7.01. The van der Waals surface area contributed by atoms with Crippen LogP contribution in [0.5, 0.6) is 5.75 Å². The zero-order valence-electron chi connectivity index (χ0n) is 17.6. The van der Waals surface area contributed by atoms with Gasteiger partial charge in [0.15, 0.2) is 6.61 Å². The number of benzene rings is 1. The van der Waals surface area contributed by atoms with Gasteiger partial charge in [0, 0.05) is 22.5 Å². The van der Waals surface area contributed by atoms with E-state index in [1.165, 1.54) is 7.11 Å². The Labute approximate surface area is 180 Å². The number of nitrogens with zero attached hydrogens (tertiary/aromatic N) is 1. The summed E-state index contributed by atoms with van der Waals surface area (Å²) in [5.41, 5.74) is 2.88. The van der Waals surface area contributed by atoms with Gasteiger partial charge in [0.1, 0.15) is 12.3 Å². The highest BCUT2D eigenvalue weighted by molar-refractivity contribution is 6.31. The molecule has 0 aliphatic rings. The van der Waals surface area contributed by atoms with Crippen LogP contribution in [0.4, 0.5) is 5.69 Å². The summed E-state index contributed by atoms with van der Waals surface area (Å²) in [6, 6.07) is 4.92. The number of methoxy groups -OCH3 is 1. The van der Waals surface area contributed by atoms with E-state index in [0.29, 0.717) is 33.4 Å². The van der Waals surface area contributed by atoms with Gasteiger partial charge < -0.3 is 24.1 Å². The first-order chi connectivity index (χ1) is 14.2. The zero-order chi connectivity index (χ0) is 22.4. The van der Waals surface area contributed by atoms with Crippen LogP contribution in [0, 0.1) is 20.8 Å². The molecule has 2 rings (SSSR count). The predicted octanol–water partition coefficient (Wildman–Crippen LogP) is 3.43. The van der Waals surface area contributed by atoms with Crippen LogP contribution in [0.25, 0.3) is 0 Å². The maximum Gasteiger partial charge on any atom is 0.339 e. The van der Waals surface area contributed by atoms with Crippen LogP contribution in [0.2, 0.25) is 5.02 Å². The Bertz CT molecular complexity index is 967. The van der Waals surface area contributed by atoms with Crippen LogP contribution in [0.3, 0.4) is 0 Å². The lowest BCUT2D eigenvalue weighted by molar-refractivity contribution is -0.147. The van der Waals surface area contributed by atoms with Gasteiger partial charge in [-0.05, 0) is 45.4 Å². The quantitative estimate of drug-likeness (QED) is 0.637. The molecule has 1 N–H and O–H groups in total. The van der Waals surface area contributed by atoms with Gasteiger partial charge in [0.2, 0.25) is 0 Å². The molecule has 0 saturated heterocycles. The van der Waals surface area contributed by atoms with Crippen molar-refractivity contribution < 1.29 is 28.6 Å². The number of nitrogens with one attached hydrogen (secondary N) is 1. The molecule has 2 aromatic rings. The lowest BCUT2D eigenvalue weighted by Gasteiger charge is -2.13. The molecule has 0 spiro atoms. The molecule has 0 saturated carbocycles. The van der Waals surface area contributed by atoms with Gasteiger partial charge in [-0.15, -0.1) is 0 Å². The van der Waals surface area contributed by atoms with E-state index in [1.807, 2.05) is 0 Å². The van der Waals surface area contributed by atoms with Crippen LogP contribution in [-0.2, 0) is 25.6 Å². The van der Waals surface area contributed by atoms with Crippen LogP contribution < -0.4 is 10.1 Å². The van der Waals surface area contributed by atoms with Crippen molar-refractivity contribution in [3.05, 3.63) is 45.7 Å². The minimum Gasteiger partial charge on any atom is -0.495 e. The van der Waals surface area contributed by atoms with Gasteiger partial charge in [0.05, 0.1) is 25.0 Å². The summed E-state index contributed by atoms with van der Waals surface area (Å²) in [6.07, 6.45) is 0. The van der Waals surface area contributed by atoms with E-state index in [1.54, 1.807) is 50.5 Å². The molecule has 8 nitrogen and oxygen atoms in total.